The fourth-order valence-corrected chi connectivity index (χ4v) is 0.967. The van der Waals surface area contributed by atoms with Gasteiger partial charge in [0.15, 0.2) is 0 Å². The maximum atomic E-state index is 10.6. The lowest BCUT2D eigenvalue weighted by Gasteiger charge is -1.98. The number of amides is 1. The van der Waals surface area contributed by atoms with E-state index in [1.54, 1.807) is 6.07 Å². The molecule has 1 heterocycles. The first-order chi connectivity index (χ1) is 7.09. The third-order valence-corrected chi connectivity index (χ3v) is 1.75. The van der Waals surface area contributed by atoms with Crippen molar-refractivity contribution in [2.24, 2.45) is 0 Å². The van der Waals surface area contributed by atoms with E-state index in [1.807, 2.05) is 13.0 Å². The molecule has 78 valence electrons. The quantitative estimate of drug-likeness (QED) is 0.651. The van der Waals surface area contributed by atoms with Crippen LogP contribution in [0.2, 0.25) is 0 Å². The van der Waals surface area contributed by atoms with Crippen LogP contribution in [0.3, 0.4) is 0 Å². The van der Waals surface area contributed by atoms with Crippen LogP contribution in [0.5, 0.6) is 0 Å². The molecule has 0 unspecified atom stereocenters. The Morgan fingerprint density at radius 1 is 1.60 bits per heavy atom. The lowest BCUT2D eigenvalue weighted by molar-refractivity contribution is -0.118. The molecule has 0 spiro atoms. The molecular formula is C11H13N3O. The van der Waals surface area contributed by atoms with Crippen LogP contribution in [0.15, 0.2) is 12.1 Å². The highest BCUT2D eigenvalue weighted by Crippen LogP contribution is 2.05. The first kappa shape index (κ1) is 11.1. The summed E-state index contributed by atoms with van der Waals surface area (Å²) in [6.07, 6.45) is 0. The number of aromatic nitrogens is 1. The number of nitrogens with one attached hydrogen (secondary N) is 1. The Morgan fingerprint density at radius 2 is 2.33 bits per heavy atom. The van der Waals surface area contributed by atoms with Gasteiger partial charge >= 0.3 is 0 Å². The van der Waals surface area contributed by atoms with E-state index in [0.29, 0.717) is 18.1 Å². The molecule has 1 aromatic heterocycles. The van der Waals surface area contributed by atoms with Crippen LogP contribution < -0.4 is 11.1 Å². The Bertz CT molecular complexity index is 429. The van der Waals surface area contributed by atoms with Crippen molar-refractivity contribution in [2.75, 3.05) is 12.3 Å². The van der Waals surface area contributed by atoms with Crippen molar-refractivity contribution in [3.05, 3.63) is 23.4 Å². The zero-order valence-electron chi connectivity index (χ0n) is 8.79. The minimum absolute atomic E-state index is 0.0958. The predicted octanol–water partition coefficient (Wildman–Crippen LogP) is 0.460. The summed E-state index contributed by atoms with van der Waals surface area (Å²) in [5.41, 5.74) is 7.16. The molecule has 0 aliphatic heterocycles. The van der Waals surface area contributed by atoms with Gasteiger partial charge in [0.1, 0.15) is 11.5 Å². The second-order valence-electron chi connectivity index (χ2n) is 3.11. The number of nitrogen functional groups attached to an aromatic ring is 1. The van der Waals surface area contributed by atoms with E-state index >= 15 is 0 Å². The molecule has 1 amide bonds. The fraction of sp³-hybridized carbons (Fsp3) is 0.273. The molecule has 0 saturated carbocycles. The van der Waals surface area contributed by atoms with Gasteiger partial charge in [-0.05, 0) is 24.5 Å². The van der Waals surface area contributed by atoms with E-state index < -0.39 is 0 Å². The first-order valence-electron chi connectivity index (χ1n) is 4.56. The van der Waals surface area contributed by atoms with Crippen LogP contribution >= 0.6 is 0 Å². The van der Waals surface area contributed by atoms with Crippen molar-refractivity contribution in [3.63, 3.8) is 0 Å². The summed E-state index contributed by atoms with van der Waals surface area (Å²) in [6.45, 7) is 3.69. The Labute approximate surface area is 88.9 Å². The van der Waals surface area contributed by atoms with Crippen LogP contribution in [-0.2, 0) is 4.79 Å². The van der Waals surface area contributed by atoms with Crippen molar-refractivity contribution < 1.29 is 4.79 Å². The van der Waals surface area contributed by atoms with Gasteiger partial charge in [0.2, 0.25) is 5.91 Å². The Balaban J connectivity index is 2.71. The van der Waals surface area contributed by atoms with E-state index in [4.69, 9.17) is 5.73 Å². The van der Waals surface area contributed by atoms with E-state index in [0.717, 1.165) is 5.56 Å². The number of hydrogen-bond donors (Lipinski definition) is 2. The van der Waals surface area contributed by atoms with E-state index in [1.165, 1.54) is 6.92 Å². The topological polar surface area (TPSA) is 68.0 Å². The normalized spacial score (nSPS) is 8.93. The summed E-state index contributed by atoms with van der Waals surface area (Å²) in [5, 5.41) is 2.58. The molecule has 4 nitrogen and oxygen atoms in total. The van der Waals surface area contributed by atoms with Crippen molar-refractivity contribution >= 4 is 11.7 Å². The summed E-state index contributed by atoms with van der Waals surface area (Å²) in [7, 11) is 0. The first-order valence-corrected chi connectivity index (χ1v) is 4.56. The summed E-state index contributed by atoms with van der Waals surface area (Å²) in [4.78, 5) is 14.6. The van der Waals surface area contributed by atoms with Gasteiger partial charge in [0, 0.05) is 6.92 Å². The molecule has 0 radical (unpaired) electrons. The number of nitrogens with two attached hydrogens (primary N) is 1. The molecule has 0 atom stereocenters. The van der Waals surface area contributed by atoms with E-state index in [2.05, 4.69) is 22.1 Å². The van der Waals surface area contributed by atoms with Gasteiger partial charge in [0.25, 0.3) is 0 Å². The van der Waals surface area contributed by atoms with Crippen LogP contribution in [0.25, 0.3) is 0 Å². The number of carbonyl (C=O) groups is 1. The predicted molar refractivity (Wildman–Crippen MR) is 58.9 cm³/mol. The molecule has 0 aliphatic rings. The summed E-state index contributed by atoms with van der Waals surface area (Å²) >= 11 is 0. The largest absolute Gasteiger partial charge is 0.384 e. The van der Waals surface area contributed by atoms with Crippen LogP contribution in [0.4, 0.5) is 5.82 Å². The van der Waals surface area contributed by atoms with Crippen molar-refractivity contribution in [2.45, 2.75) is 13.8 Å². The number of pyridine rings is 1. The summed E-state index contributed by atoms with van der Waals surface area (Å²) in [5.74, 6) is 6.01. The number of carbonyl (C=O) groups excluding carboxylic acids is 1. The molecule has 0 bridgehead atoms. The second-order valence-corrected chi connectivity index (χ2v) is 3.11. The number of nitrogens with zero attached hydrogens (tertiary/aromatic N) is 1. The molecule has 0 aromatic carbocycles. The Morgan fingerprint density at radius 3 is 3.00 bits per heavy atom. The molecule has 4 heteroatoms. The van der Waals surface area contributed by atoms with Gasteiger partial charge in [-0.1, -0.05) is 12.0 Å². The number of anilines is 1. The minimum Gasteiger partial charge on any atom is -0.384 e. The molecule has 15 heavy (non-hydrogen) atoms. The van der Waals surface area contributed by atoms with E-state index in [-0.39, 0.29) is 5.91 Å². The second kappa shape index (κ2) is 5.01. The number of aryl methyl sites for hydroxylation is 1. The number of hydrogen-bond acceptors (Lipinski definition) is 3. The third-order valence-electron chi connectivity index (χ3n) is 1.75. The maximum absolute atomic E-state index is 10.6. The van der Waals surface area contributed by atoms with E-state index in [9.17, 15) is 4.79 Å². The molecule has 0 fully saturated rings. The smallest absolute Gasteiger partial charge is 0.217 e. The zero-order chi connectivity index (χ0) is 11.3. The fourth-order valence-electron chi connectivity index (χ4n) is 0.967. The zero-order valence-corrected chi connectivity index (χ0v) is 8.79. The van der Waals surface area contributed by atoms with Crippen LogP contribution in [0.1, 0.15) is 18.2 Å². The highest BCUT2D eigenvalue weighted by molar-refractivity contribution is 5.73. The van der Waals surface area contributed by atoms with Crippen molar-refractivity contribution in [3.8, 4) is 11.8 Å². The summed E-state index contributed by atoms with van der Waals surface area (Å²) < 4.78 is 0. The summed E-state index contributed by atoms with van der Waals surface area (Å²) in [6, 6.07) is 3.60. The van der Waals surface area contributed by atoms with Crippen molar-refractivity contribution in [1.82, 2.24) is 10.3 Å². The monoisotopic (exact) mass is 203 g/mol. The SMILES string of the molecule is CC(=O)NCC#Cc1nc(N)ccc1C. The van der Waals surface area contributed by atoms with Crippen molar-refractivity contribution in [1.29, 1.82) is 0 Å². The van der Waals surface area contributed by atoms with Crippen LogP contribution in [0, 0.1) is 18.8 Å². The third kappa shape index (κ3) is 3.69. The van der Waals surface area contributed by atoms with Gasteiger partial charge in [0.05, 0.1) is 6.54 Å². The Kier molecular flexibility index (Phi) is 3.69. The average molecular weight is 203 g/mol. The molecule has 0 aliphatic carbocycles. The van der Waals surface area contributed by atoms with Crippen LogP contribution in [-0.4, -0.2) is 17.4 Å². The van der Waals surface area contributed by atoms with Gasteiger partial charge in [-0.25, -0.2) is 4.98 Å². The molecule has 3 N–H and O–H groups in total. The highest BCUT2D eigenvalue weighted by Gasteiger charge is 1.95. The molecule has 1 rings (SSSR count). The lowest BCUT2D eigenvalue weighted by atomic mass is 10.2. The van der Waals surface area contributed by atoms with Gasteiger partial charge < -0.3 is 11.1 Å². The van der Waals surface area contributed by atoms with Gasteiger partial charge in [-0.2, -0.15) is 0 Å². The molecule has 1 aromatic rings. The lowest BCUT2D eigenvalue weighted by Crippen LogP contribution is -2.19. The van der Waals surface area contributed by atoms with Gasteiger partial charge in [-0.3, -0.25) is 4.79 Å². The minimum atomic E-state index is -0.0958. The van der Waals surface area contributed by atoms with Gasteiger partial charge in [-0.15, -0.1) is 0 Å². The number of rotatable bonds is 1. The molecular weight excluding hydrogens is 190 g/mol. The Hall–Kier alpha value is -2.02. The average Bonchev–Trinajstić information content (AvgIpc) is 2.17. The maximum Gasteiger partial charge on any atom is 0.217 e. The standard InChI is InChI=1S/C11H13N3O/c1-8-5-6-11(12)14-10(8)4-3-7-13-9(2)15/h5-6H,7H2,1-2H3,(H2,12,14)(H,13,15). The highest BCUT2D eigenvalue weighted by atomic mass is 16.1. The molecule has 0 saturated heterocycles.